The first kappa shape index (κ1) is 12.1. The van der Waals surface area contributed by atoms with Gasteiger partial charge in [0, 0.05) is 4.90 Å². The Hall–Kier alpha value is -0.960. The standard InChI is InChI=1S/C12H16O2S/c1-2-3-8-14-11-5-4-6-12(10-11)15-9-7-13/h4-7,10H,2-3,8-9H2,1H3. The summed E-state index contributed by atoms with van der Waals surface area (Å²) in [6, 6.07) is 7.86. The molecule has 1 rings (SSSR count). The van der Waals surface area contributed by atoms with Gasteiger partial charge in [-0.05, 0) is 24.6 Å². The van der Waals surface area contributed by atoms with Crippen molar-refractivity contribution in [1.29, 1.82) is 0 Å². The summed E-state index contributed by atoms with van der Waals surface area (Å²) in [5.41, 5.74) is 0. The van der Waals surface area contributed by atoms with Crippen LogP contribution in [0, 0.1) is 0 Å². The molecule has 82 valence electrons. The van der Waals surface area contributed by atoms with Gasteiger partial charge in [-0.3, -0.25) is 0 Å². The SMILES string of the molecule is CCCCOc1cccc(SCC=O)c1. The summed E-state index contributed by atoms with van der Waals surface area (Å²) in [5, 5.41) is 0. The Kier molecular flexibility index (Phi) is 5.93. The molecular formula is C12H16O2S. The summed E-state index contributed by atoms with van der Waals surface area (Å²) in [5.74, 6) is 1.39. The van der Waals surface area contributed by atoms with Crippen LogP contribution >= 0.6 is 11.8 Å². The molecule has 0 unspecified atom stereocenters. The Bertz CT molecular complexity index is 299. The van der Waals surface area contributed by atoms with E-state index in [0.717, 1.165) is 36.4 Å². The van der Waals surface area contributed by atoms with Gasteiger partial charge in [-0.1, -0.05) is 19.4 Å². The number of hydrogen-bond acceptors (Lipinski definition) is 3. The Labute approximate surface area is 95.0 Å². The van der Waals surface area contributed by atoms with Gasteiger partial charge in [0.25, 0.3) is 0 Å². The zero-order valence-electron chi connectivity index (χ0n) is 8.94. The van der Waals surface area contributed by atoms with Crippen molar-refractivity contribution in [2.24, 2.45) is 0 Å². The molecule has 0 N–H and O–H groups in total. The maximum Gasteiger partial charge on any atom is 0.130 e. The van der Waals surface area contributed by atoms with Crippen LogP contribution in [0.15, 0.2) is 29.2 Å². The topological polar surface area (TPSA) is 26.3 Å². The fourth-order valence-corrected chi connectivity index (χ4v) is 1.75. The third-order valence-electron chi connectivity index (χ3n) is 1.89. The minimum absolute atomic E-state index is 0.498. The third kappa shape index (κ3) is 4.88. The molecule has 0 saturated carbocycles. The second-order valence-electron chi connectivity index (χ2n) is 3.15. The number of unbranched alkanes of at least 4 members (excludes halogenated alkanes) is 1. The molecule has 0 radical (unpaired) electrons. The van der Waals surface area contributed by atoms with E-state index in [4.69, 9.17) is 4.74 Å². The van der Waals surface area contributed by atoms with E-state index in [-0.39, 0.29) is 0 Å². The summed E-state index contributed by atoms with van der Waals surface area (Å²) >= 11 is 1.53. The molecule has 0 aliphatic rings. The second kappa shape index (κ2) is 7.35. The van der Waals surface area contributed by atoms with Crippen LogP contribution in [0.25, 0.3) is 0 Å². The quantitative estimate of drug-likeness (QED) is 0.404. The van der Waals surface area contributed by atoms with E-state index < -0.39 is 0 Å². The van der Waals surface area contributed by atoms with Crippen molar-refractivity contribution in [3.05, 3.63) is 24.3 Å². The maximum atomic E-state index is 10.2. The third-order valence-corrected chi connectivity index (χ3v) is 2.78. The van der Waals surface area contributed by atoms with Gasteiger partial charge in [-0.25, -0.2) is 0 Å². The monoisotopic (exact) mass is 224 g/mol. The molecule has 0 fully saturated rings. The molecule has 0 heterocycles. The number of hydrogen-bond donors (Lipinski definition) is 0. The fourth-order valence-electron chi connectivity index (χ4n) is 1.12. The summed E-state index contributed by atoms with van der Waals surface area (Å²) in [4.78, 5) is 11.3. The van der Waals surface area contributed by atoms with Crippen LogP contribution in [0.1, 0.15) is 19.8 Å². The zero-order chi connectivity index (χ0) is 10.9. The first-order valence-corrected chi connectivity index (χ1v) is 6.14. The van der Waals surface area contributed by atoms with Crippen molar-refractivity contribution >= 4 is 18.0 Å². The number of benzene rings is 1. The van der Waals surface area contributed by atoms with Crippen LogP contribution in [0.2, 0.25) is 0 Å². The number of thioether (sulfide) groups is 1. The van der Waals surface area contributed by atoms with Gasteiger partial charge < -0.3 is 9.53 Å². The number of ether oxygens (including phenoxy) is 1. The van der Waals surface area contributed by atoms with Crippen molar-refractivity contribution in [3.63, 3.8) is 0 Å². The molecule has 15 heavy (non-hydrogen) atoms. The largest absolute Gasteiger partial charge is 0.494 e. The van der Waals surface area contributed by atoms with Gasteiger partial charge in [0.1, 0.15) is 12.0 Å². The van der Waals surface area contributed by atoms with Crippen molar-refractivity contribution in [3.8, 4) is 5.75 Å². The van der Waals surface area contributed by atoms with Gasteiger partial charge in [0.2, 0.25) is 0 Å². The molecule has 0 aromatic heterocycles. The summed E-state index contributed by atoms with van der Waals surface area (Å²) in [6.07, 6.45) is 3.13. The minimum Gasteiger partial charge on any atom is -0.494 e. The Morgan fingerprint density at radius 2 is 2.33 bits per heavy atom. The van der Waals surface area contributed by atoms with Crippen LogP contribution in [0.3, 0.4) is 0 Å². The average Bonchev–Trinajstić information content (AvgIpc) is 2.27. The second-order valence-corrected chi connectivity index (χ2v) is 4.25. The van der Waals surface area contributed by atoms with Crippen LogP contribution in [-0.2, 0) is 4.79 Å². The normalized spacial score (nSPS) is 9.93. The molecule has 0 aliphatic carbocycles. The Morgan fingerprint density at radius 3 is 3.07 bits per heavy atom. The highest BCUT2D eigenvalue weighted by Gasteiger charge is 1.97. The molecule has 1 aromatic rings. The summed E-state index contributed by atoms with van der Waals surface area (Å²) in [7, 11) is 0. The van der Waals surface area contributed by atoms with Gasteiger partial charge in [-0.2, -0.15) is 0 Å². The van der Waals surface area contributed by atoms with Crippen molar-refractivity contribution in [2.75, 3.05) is 12.4 Å². The molecular weight excluding hydrogens is 208 g/mol. The highest BCUT2D eigenvalue weighted by atomic mass is 32.2. The molecule has 0 aliphatic heterocycles. The van der Waals surface area contributed by atoms with Crippen LogP contribution in [0.5, 0.6) is 5.75 Å². The zero-order valence-corrected chi connectivity index (χ0v) is 9.76. The van der Waals surface area contributed by atoms with E-state index in [1.165, 1.54) is 11.8 Å². The molecule has 0 atom stereocenters. The lowest BCUT2D eigenvalue weighted by atomic mass is 10.3. The molecule has 2 nitrogen and oxygen atoms in total. The molecule has 0 amide bonds. The number of carbonyl (C=O) groups excluding carboxylic acids is 1. The van der Waals surface area contributed by atoms with Crippen LogP contribution in [-0.4, -0.2) is 18.6 Å². The van der Waals surface area contributed by atoms with Gasteiger partial charge in [0.15, 0.2) is 0 Å². The fraction of sp³-hybridized carbons (Fsp3) is 0.417. The molecule has 0 bridgehead atoms. The lowest BCUT2D eigenvalue weighted by Gasteiger charge is -2.06. The molecule has 3 heteroatoms. The first-order chi connectivity index (χ1) is 7.36. The Balaban J connectivity index is 2.46. The Morgan fingerprint density at radius 1 is 1.47 bits per heavy atom. The predicted molar refractivity (Wildman–Crippen MR) is 63.6 cm³/mol. The average molecular weight is 224 g/mol. The first-order valence-electron chi connectivity index (χ1n) is 5.16. The van der Waals surface area contributed by atoms with E-state index in [9.17, 15) is 4.79 Å². The number of aldehydes is 1. The van der Waals surface area contributed by atoms with E-state index in [2.05, 4.69) is 6.92 Å². The van der Waals surface area contributed by atoms with Gasteiger partial charge in [-0.15, -0.1) is 11.8 Å². The molecule has 0 spiro atoms. The highest BCUT2D eigenvalue weighted by Crippen LogP contribution is 2.22. The molecule has 1 aromatic carbocycles. The van der Waals surface area contributed by atoms with Gasteiger partial charge >= 0.3 is 0 Å². The van der Waals surface area contributed by atoms with E-state index in [1.54, 1.807) is 0 Å². The van der Waals surface area contributed by atoms with Crippen LogP contribution in [0.4, 0.5) is 0 Å². The van der Waals surface area contributed by atoms with E-state index in [0.29, 0.717) is 5.75 Å². The predicted octanol–water partition coefficient (Wildman–Crippen LogP) is 3.16. The minimum atomic E-state index is 0.498. The number of rotatable bonds is 7. The smallest absolute Gasteiger partial charge is 0.130 e. The van der Waals surface area contributed by atoms with Crippen molar-refractivity contribution < 1.29 is 9.53 Å². The maximum absolute atomic E-state index is 10.2. The molecule has 0 saturated heterocycles. The summed E-state index contributed by atoms with van der Waals surface area (Å²) in [6.45, 7) is 2.90. The lowest BCUT2D eigenvalue weighted by molar-refractivity contribution is -0.105. The van der Waals surface area contributed by atoms with Crippen molar-refractivity contribution in [1.82, 2.24) is 0 Å². The summed E-state index contributed by atoms with van der Waals surface area (Å²) < 4.78 is 5.57. The van der Waals surface area contributed by atoms with E-state index in [1.807, 2.05) is 24.3 Å². The number of carbonyl (C=O) groups is 1. The van der Waals surface area contributed by atoms with Crippen LogP contribution < -0.4 is 4.74 Å². The highest BCUT2D eigenvalue weighted by molar-refractivity contribution is 7.99. The lowest BCUT2D eigenvalue weighted by Crippen LogP contribution is -1.96. The van der Waals surface area contributed by atoms with Gasteiger partial charge in [0.05, 0.1) is 12.4 Å². The van der Waals surface area contributed by atoms with E-state index >= 15 is 0 Å². The van der Waals surface area contributed by atoms with Crippen molar-refractivity contribution in [2.45, 2.75) is 24.7 Å².